The van der Waals surface area contributed by atoms with Crippen molar-refractivity contribution in [2.24, 2.45) is 0 Å². The van der Waals surface area contributed by atoms with Gasteiger partial charge in [-0.1, -0.05) is 17.7 Å². The minimum absolute atomic E-state index is 0.0812. The van der Waals surface area contributed by atoms with Gasteiger partial charge in [0, 0.05) is 0 Å². The highest BCUT2D eigenvalue weighted by atomic mass is 35.5. The molecular weight excluding hydrogens is 271 g/mol. The lowest BCUT2D eigenvalue weighted by molar-refractivity contribution is -0.137. The second-order valence-corrected chi connectivity index (χ2v) is 4.21. The summed E-state index contributed by atoms with van der Waals surface area (Å²) in [5, 5.41) is -0.562. The molecule has 1 saturated heterocycles. The van der Waals surface area contributed by atoms with Crippen molar-refractivity contribution in [1.29, 1.82) is 0 Å². The van der Waals surface area contributed by atoms with Gasteiger partial charge in [-0.05, 0) is 12.1 Å². The summed E-state index contributed by atoms with van der Waals surface area (Å²) in [6, 6.07) is 3.27. The Morgan fingerprint density at radius 3 is 2.39 bits per heavy atom. The Hall–Kier alpha value is -1.56. The zero-order valence-electron chi connectivity index (χ0n) is 8.92. The lowest BCUT2D eigenvalue weighted by Gasteiger charge is -2.19. The lowest BCUT2D eigenvalue weighted by Crippen LogP contribution is -2.25. The summed E-state index contributed by atoms with van der Waals surface area (Å²) < 4.78 is 37.9. The average molecular weight is 278 g/mol. The Balaban J connectivity index is 2.47. The lowest BCUT2D eigenvalue weighted by atomic mass is 10.2. The fraction of sp³-hybridized carbons (Fsp3) is 0.273. The maximum absolute atomic E-state index is 12.6. The van der Waals surface area contributed by atoms with Gasteiger partial charge in [-0.3, -0.25) is 9.59 Å². The molecule has 0 N–H and O–H groups in total. The summed E-state index contributed by atoms with van der Waals surface area (Å²) in [6.07, 6.45) is -4.90. The number of alkyl halides is 3. The number of nitrogens with zero attached hydrogens (tertiary/aromatic N) is 1. The second kappa shape index (κ2) is 4.28. The van der Waals surface area contributed by atoms with Crippen molar-refractivity contribution in [3.05, 3.63) is 28.8 Å². The van der Waals surface area contributed by atoms with Crippen molar-refractivity contribution >= 4 is 29.0 Å². The van der Waals surface area contributed by atoms with Crippen LogP contribution in [0.15, 0.2) is 18.2 Å². The van der Waals surface area contributed by atoms with Crippen LogP contribution in [0, 0.1) is 0 Å². The van der Waals surface area contributed by atoms with Crippen LogP contribution >= 0.6 is 11.6 Å². The van der Waals surface area contributed by atoms with Gasteiger partial charge in [-0.2, -0.15) is 13.2 Å². The van der Waals surface area contributed by atoms with Gasteiger partial charge in [0.1, 0.15) is 0 Å². The van der Waals surface area contributed by atoms with E-state index in [0.29, 0.717) is 0 Å². The normalized spacial score (nSPS) is 16.6. The third-order valence-corrected chi connectivity index (χ3v) is 2.96. The Morgan fingerprint density at radius 1 is 1.22 bits per heavy atom. The molecule has 1 fully saturated rings. The zero-order valence-corrected chi connectivity index (χ0v) is 9.68. The Labute approximate surface area is 105 Å². The topological polar surface area (TPSA) is 37.4 Å². The average Bonchev–Trinajstić information content (AvgIpc) is 2.56. The third-order valence-electron chi connectivity index (χ3n) is 2.56. The van der Waals surface area contributed by atoms with E-state index in [2.05, 4.69) is 0 Å². The summed E-state index contributed by atoms with van der Waals surface area (Å²) in [6.45, 7) is -0.236. The molecule has 0 saturated carbocycles. The predicted molar refractivity (Wildman–Crippen MR) is 58.4 cm³/mol. The van der Waals surface area contributed by atoms with E-state index in [1.54, 1.807) is 0 Å². The predicted octanol–water partition coefficient (Wildman–Crippen LogP) is 2.66. The molecule has 0 bridgehead atoms. The molecule has 96 valence electrons. The SMILES string of the molecule is O=C1CC(=O)N(c2cccc(C(F)(F)F)c2Cl)C1. The standard InChI is InChI=1S/C11H7ClF3NO2/c12-10-7(11(13,14)15)2-1-3-8(10)16-5-6(17)4-9(16)18/h1-3H,4-5H2. The molecule has 1 aliphatic rings. The van der Waals surface area contributed by atoms with Crippen LogP contribution in [-0.2, 0) is 15.8 Å². The van der Waals surface area contributed by atoms with Crippen LogP contribution in [0.2, 0.25) is 5.02 Å². The summed E-state index contributed by atoms with van der Waals surface area (Å²) in [7, 11) is 0. The first kappa shape index (κ1) is 12.9. The number of anilines is 1. The van der Waals surface area contributed by atoms with E-state index >= 15 is 0 Å². The van der Waals surface area contributed by atoms with E-state index in [0.717, 1.165) is 17.0 Å². The minimum Gasteiger partial charge on any atom is -0.303 e. The van der Waals surface area contributed by atoms with Crippen molar-refractivity contribution in [2.75, 3.05) is 11.4 Å². The fourth-order valence-electron chi connectivity index (χ4n) is 1.75. The first-order valence-corrected chi connectivity index (χ1v) is 5.36. The molecule has 0 spiro atoms. The number of rotatable bonds is 1. The van der Waals surface area contributed by atoms with E-state index in [-0.39, 0.29) is 24.4 Å². The number of halogens is 4. The zero-order chi connectivity index (χ0) is 13.5. The van der Waals surface area contributed by atoms with Crippen molar-refractivity contribution < 1.29 is 22.8 Å². The number of carbonyl (C=O) groups is 2. The fourth-order valence-corrected chi connectivity index (χ4v) is 2.09. The van der Waals surface area contributed by atoms with Crippen LogP contribution in [0.3, 0.4) is 0 Å². The third kappa shape index (κ3) is 2.20. The first-order valence-electron chi connectivity index (χ1n) is 4.98. The number of hydrogen-bond donors (Lipinski definition) is 0. The molecule has 18 heavy (non-hydrogen) atoms. The molecule has 1 amide bonds. The molecule has 0 aliphatic carbocycles. The Morgan fingerprint density at radius 2 is 1.89 bits per heavy atom. The van der Waals surface area contributed by atoms with Gasteiger partial charge in [-0.25, -0.2) is 0 Å². The number of amides is 1. The Kier molecular flexibility index (Phi) is 3.06. The van der Waals surface area contributed by atoms with E-state index in [9.17, 15) is 22.8 Å². The van der Waals surface area contributed by atoms with Gasteiger partial charge in [0.15, 0.2) is 5.78 Å². The Bertz CT molecular complexity index is 528. The molecule has 1 aromatic rings. The molecule has 3 nitrogen and oxygen atoms in total. The summed E-state index contributed by atoms with van der Waals surface area (Å²) in [5.74, 6) is -0.880. The molecule has 0 atom stereocenters. The molecule has 1 heterocycles. The van der Waals surface area contributed by atoms with E-state index < -0.39 is 22.7 Å². The van der Waals surface area contributed by atoms with Crippen LogP contribution < -0.4 is 4.90 Å². The van der Waals surface area contributed by atoms with Crippen LogP contribution in [0.4, 0.5) is 18.9 Å². The van der Waals surface area contributed by atoms with Gasteiger partial charge in [0.25, 0.3) is 0 Å². The highest BCUT2D eigenvalue weighted by molar-refractivity contribution is 6.35. The molecule has 7 heteroatoms. The van der Waals surface area contributed by atoms with Gasteiger partial charge in [0.05, 0.1) is 29.2 Å². The molecule has 2 rings (SSSR count). The van der Waals surface area contributed by atoms with Crippen LogP contribution in [0.1, 0.15) is 12.0 Å². The number of benzene rings is 1. The van der Waals surface area contributed by atoms with E-state index in [1.165, 1.54) is 6.07 Å². The van der Waals surface area contributed by atoms with E-state index in [1.807, 2.05) is 0 Å². The summed E-state index contributed by atoms with van der Waals surface area (Å²) >= 11 is 5.66. The van der Waals surface area contributed by atoms with Crippen molar-refractivity contribution in [1.82, 2.24) is 0 Å². The summed E-state index contributed by atoms with van der Waals surface area (Å²) in [5.41, 5.74) is -1.10. The van der Waals surface area contributed by atoms with Gasteiger partial charge < -0.3 is 4.90 Å². The molecule has 0 radical (unpaired) electrons. The highest BCUT2D eigenvalue weighted by Crippen LogP contribution is 2.40. The second-order valence-electron chi connectivity index (χ2n) is 3.83. The van der Waals surface area contributed by atoms with Crippen LogP contribution in [-0.4, -0.2) is 18.2 Å². The number of hydrogen-bond acceptors (Lipinski definition) is 2. The van der Waals surface area contributed by atoms with Crippen LogP contribution in [0.5, 0.6) is 0 Å². The number of ketones is 1. The van der Waals surface area contributed by atoms with Crippen molar-refractivity contribution in [3.8, 4) is 0 Å². The maximum Gasteiger partial charge on any atom is 0.417 e. The number of carbonyl (C=O) groups excluding carboxylic acids is 2. The quantitative estimate of drug-likeness (QED) is 0.740. The molecule has 1 aromatic carbocycles. The minimum atomic E-state index is -4.60. The largest absolute Gasteiger partial charge is 0.417 e. The molecule has 0 aromatic heterocycles. The first-order chi connectivity index (χ1) is 8.30. The van der Waals surface area contributed by atoms with Crippen LogP contribution in [0.25, 0.3) is 0 Å². The van der Waals surface area contributed by atoms with Gasteiger partial charge in [0.2, 0.25) is 5.91 Å². The van der Waals surface area contributed by atoms with Crippen molar-refractivity contribution in [2.45, 2.75) is 12.6 Å². The highest BCUT2D eigenvalue weighted by Gasteiger charge is 2.36. The smallest absolute Gasteiger partial charge is 0.303 e. The summed E-state index contributed by atoms with van der Waals surface area (Å²) in [4.78, 5) is 23.5. The van der Waals surface area contributed by atoms with E-state index in [4.69, 9.17) is 11.6 Å². The monoisotopic (exact) mass is 277 g/mol. The molecular formula is C11H7ClF3NO2. The number of Topliss-reactive ketones (excluding diaryl/α,β-unsaturated/α-hetero) is 1. The molecule has 1 aliphatic heterocycles. The molecule has 0 unspecified atom stereocenters. The maximum atomic E-state index is 12.6. The van der Waals surface area contributed by atoms with Gasteiger partial charge in [-0.15, -0.1) is 0 Å². The van der Waals surface area contributed by atoms with Gasteiger partial charge >= 0.3 is 6.18 Å². The van der Waals surface area contributed by atoms with Crippen molar-refractivity contribution in [3.63, 3.8) is 0 Å².